The molecular weight excluding hydrogens is 416 g/mol. The lowest BCUT2D eigenvalue weighted by atomic mass is 10.1. The van der Waals surface area contributed by atoms with E-state index >= 15 is 0 Å². The van der Waals surface area contributed by atoms with Crippen LogP contribution in [0.15, 0.2) is 34.2 Å². The van der Waals surface area contributed by atoms with Crippen molar-refractivity contribution in [2.75, 3.05) is 5.75 Å². The monoisotopic (exact) mass is 430 g/mol. The van der Waals surface area contributed by atoms with Gasteiger partial charge in [-0.2, -0.15) is 0 Å². The Bertz CT molecular complexity index is 1300. The molecule has 0 amide bonds. The zero-order valence-electron chi connectivity index (χ0n) is 14.9. The summed E-state index contributed by atoms with van der Waals surface area (Å²) in [6.07, 6.45) is 3.05. The number of thioether (sulfide) groups is 1. The van der Waals surface area contributed by atoms with Crippen LogP contribution in [0.25, 0.3) is 16.0 Å². The summed E-state index contributed by atoms with van der Waals surface area (Å²) in [5, 5.41) is 10.5. The highest BCUT2D eigenvalue weighted by atomic mass is 35.5. The van der Waals surface area contributed by atoms with E-state index in [1.54, 1.807) is 47.2 Å². The van der Waals surface area contributed by atoms with E-state index in [0.717, 1.165) is 29.5 Å². The Morgan fingerprint density at radius 3 is 2.82 bits per heavy atom. The number of aryl methyl sites for hydroxylation is 3. The zero-order chi connectivity index (χ0) is 19.4. The summed E-state index contributed by atoms with van der Waals surface area (Å²) in [5.41, 5.74) is 1.76. The number of hydrogen-bond donors (Lipinski definition) is 0. The molecule has 0 N–H and O–H groups in total. The van der Waals surface area contributed by atoms with Gasteiger partial charge < -0.3 is 0 Å². The van der Waals surface area contributed by atoms with Gasteiger partial charge in [-0.15, -0.1) is 21.5 Å². The summed E-state index contributed by atoms with van der Waals surface area (Å²) in [5.74, 6) is 0.727. The lowest BCUT2D eigenvalue weighted by molar-refractivity contribution is 0.102. The number of Topliss-reactive ketones (excluding diaryl/α,β-unsaturated/α-hetero) is 1. The molecule has 0 saturated carbocycles. The molecule has 3 heterocycles. The highest BCUT2D eigenvalue weighted by Gasteiger charge is 2.25. The number of benzene rings is 1. The molecule has 0 bridgehead atoms. The van der Waals surface area contributed by atoms with Gasteiger partial charge in [-0.1, -0.05) is 23.4 Å². The molecule has 1 aliphatic carbocycles. The maximum Gasteiger partial charge on any atom is 0.263 e. The molecule has 3 aromatic heterocycles. The van der Waals surface area contributed by atoms with Crippen LogP contribution in [0.1, 0.15) is 27.2 Å². The van der Waals surface area contributed by atoms with Crippen LogP contribution in [-0.4, -0.2) is 30.7 Å². The lowest BCUT2D eigenvalue weighted by Gasteiger charge is -2.05. The molecule has 0 spiro atoms. The maximum absolute atomic E-state index is 12.9. The minimum atomic E-state index is -0.0249. The number of rotatable bonds is 4. The van der Waals surface area contributed by atoms with Crippen molar-refractivity contribution in [1.29, 1.82) is 0 Å². The molecule has 0 unspecified atom stereocenters. The molecule has 6 nitrogen and oxygen atoms in total. The first-order valence-corrected chi connectivity index (χ1v) is 11.0. The normalized spacial score (nSPS) is 13.5. The van der Waals surface area contributed by atoms with Crippen molar-refractivity contribution in [2.45, 2.75) is 24.4 Å². The van der Waals surface area contributed by atoms with E-state index in [9.17, 15) is 9.59 Å². The number of nitrogens with zero attached hydrogens (tertiary/aromatic N) is 4. The molecule has 0 fully saturated rings. The standard InChI is InChI=1S/C19H15ClN4O2S2/c1-23-16(26)15-12-3-2-4-14(12)28-17(15)24-18(23)21-22-19(24)27-9-13(25)10-5-7-11(20)8-6-10/h5-8H,2-4,9H2,1H3. The second-order valence-electron chi connectivity index (χ2n) is 6.74. The fraction of sp³-hybridized carbons (Fsp3) is 0.263. The Labute approximate surface area is 173 Å². The minimum absolute atomic E-state index is 0.00634. The Hall–Kier alpha value is -2.16. The Morgan fingerprint density at radius 1 is 1.25 bits per heavy atom. The van der Waals surface area contributed by atoms with Crippen LogP contribution in [0.4, 0.5) is 0 Å². The molecule has 0 aliphatic heterocycles. The van der Waals surface area contributed by atoms with Gasteiger partial charge in [-0.3, -0.25) is 14.2 Å². The van der Waals surface area contributed by atoms with Crippen molar-refractivity contribution in [1.82, 2.24) is 19.2 Å². The van der Waals surface area contributed by atoms with Crippen molar-refractivity contribution in [3.8, 4) is 0 Å². The summed E-state index contributed by atoms with van der Waals surface area (Å²) in [4.78, 5) is 27.5. The van der Waals surface area contributed by atoms with E-state index in [-0.39, 0.29) is 17.1 Å². The van der Waals surface area contributed by atoms with Gasteiger partial charge in [-0.05, 0) is 49.1 Å². The van der Waals surface area contributed by atoms with Gasteiger partial charge in [0.1, 0.15) is 4.83 Å². The number of halogens is 1. The number of carbonyl (C=O) groups excluding carboxylic acids is 1. The SMILES string of the molecule is Cn1c(=O)c2c3c(sc2n2c(SCC(=O)c4ccc(Cl)cc4)nnc12)CCC3. The molecular formula is C19H15ClN4O2S2. The maximum atomic E-state index is 12.9. The Balaban J connectivity index is 1.56. The second kappa shape index (κ2) is 6.72. The van der Waals surface area contributed by atoms with E-state index < -0.39 is 0 Å². The van der Waals surface area contributed by atoms with Gasteiger partial charge in [0.2, 0.25) is 5.78 Å². The Kier molecular flexibility index (Phi) is 4.30. The number of fused-ring (bicyclic) bond motifs is 5. The fourth-order valence-electron chi connectivity index (χ4n) is 3.63. The predicted octanol–water partition coefficient (Wildman–Crippen LogP) is 3.76. The molecule has 0 atom stereocenters. The number of thiophene rings is 1. The van der Waals surface area contributed by atoms with E-state index in [1.165, 1.54) is 22.2 Å². The minimum Gasteiger partial charge on any atom is -0.293 e. The van der Waals surface area contributed by atoms with Crippen LogP contribution in [0.5, 0.6) is 0 Å². The molecule has 5 rings (SSSR count). The van der Waals surface area contributed by atoms with Crippen LogP contribution < -0.4 is 5.56 Å². The van der Waals surface area contributed by atoms with Gasteiger partial charge in [0.15, 0.2) is 10.9 Å². The van der Waals surface area contributed by atoms with Crippen LogP contribution in [0, 0.1) is 0 Å². The first-order valence-electron chi connectivity index (χ1n) is 8.84. The van der Waals surface area contributed by atoms with Crippen molar-refractivity contribution >= 4 is 56.5 Å². The van der Waals surface area contributed by atoms with Crippen LogP contribution >= 0.6 is 34.7 Å². The molecule has 0 radical (unpaired) electrons. The van der Waals surface area contributed by atoms with Crippen molar-refractivity contribution < 1.29 is 4.79 Å². The average molecular weight is 431 g/mol. The highest BCUT2D eigenvalue weighted by molar-refractivity contribution is 7.99. The summed E-state index contributed by atoms with van der Waals surface area (Å²) in [7, 11) is 1.72. The average Bonchev–Trinajstić information content (AvgIpc) is 3.38. The third-order valence-electron chi connectivity index (χ3n) is 5.04. The number of hydrogen-bond acceptors (Lipinski definition) is 6. The van der Waals surface area contributed by atoms with Crippen LogP contribution in [-0.2, 0) is 19.9 Å². The highest BCUT2D eigenvalue weighted by Crippen LogP contribution is 2.37. The first-order chi connectivity index (χ1) is 13.5. The van der Waals surface area contributed by atoms with Crippen molar-refractivity contribution in [2.24, 2.45) is 7.05 Å². The molecule has 1 aromatic carbocycles. The quantitative estimate of drug-likeness (QED) is 0.364. The summed E-state index contributed by atoms with van der Waals surface area (Å²) in [6, 6.07) is 6.86. The Morgan fingerprint density at radius 2 is 2.04 bits per heavy atom. The number of ketones is 1. The third kappa shape index (κ3) is 2.70. The van der Waals surface area contributed by atoms with E-state index in [4.69, 9.17) is 11.6 Å². The van der Waals surface area contributed by atoms with Crippen molar-refractivity contribution in [3.05, 3.63) is 55.6 Å². The van der Waals surface area contributed by atoms with Crippen molar-refractivity contribution in [3.63, 3.8) is 0 Å². The van der Waals surface area contributed by atoms with E-state index in [2.05, 4.69) is 10.2 Å². The summed E-state index contributed by atoms with van der Waals surface area (Å²) >= 11 is 8.87. The zero-order valence-corrected chi connectivity index (χ0v) is 17.3. The topological polar surface area (TPSA) is 69.3 Å². The predicted molar refractivity (Wildman–Crippen MR) is 112 cm³/mol. The van der Waals surface area contributed by atoms with Gasteiger partial charge >= 0.3 is 0 Å². The van der Waals surface area contributed by atoms with Crippen LogP contribution in [0.2, 0.25) is 5.02 Å². The largest absolute Gasteiger partial charge is 0.293 e. The van der Waals surface area contributed by atoms with Gasteiger partial charge in [-0.25, -0.2) is 4.40 Å². The summed E-state index contributed by atoms with van der Waals surface area (Å²) in [6.45, 7) is 0. The number of aromatic nitrogens is 4. The number of carbonyl (C=O) groups is 1. The molecule has 4 aromatic rings. The molecule has 1 aliphatic rings. The van der Waals surface area contributed by atoms with E-state index in [0.29, 0.717) is 21.5 Å². The smallest absolute Gasteiger partial charge is 0.263 e. The first kappa shape index (κ1) is 17.9. The van der Waals surface area contributed by atoms with E-state index in [1.807, 2.05) is 4.40 Å². The van der Waals surface area contributed by atoms with Crippen LogP contribution in [0.3, 0.4) is 0 Å². The molecule has 9 heteroatoms. The van der Waals surface area contributed by atoms with Gasteiger partial charge in [0, 0.05) is 22.5 Å². The summed E-state index contributed by atoms with van der Waals surface area (Å²) < 4.78 is 3.46. The lowest BCUT2D eigenvalue weighted by Crippen LogP contribution is -2.20. The fourth-order valence-corrected chi connectivity index (χ4v) is 6.02. The molecule has 0 saturated heterocycles. The molecule has 142 valence electrons. The van der Waals surface area contributed by atoms with Gasteiger partial charge in [0.25, 0.3) is 5.56 Å². The third-order valence-corrected chi connectivity index (χ3v) is 7.50. The molecule has 28 heavy (non-hydrogen) atoms. The second-order valence-corrected chi connectivity index (χ2v) is 9.20. The van der Waals surface area contributed by atoms with Gasteiger partial charge in [0.05, 0.1) is 11.1 Å².